The van der Waals surface area contributed by atoms with Gasteiger partial charge in [0.2, 0.25) is 0 Å². The van der Waals surface area contributed by atoms with E-state index in [1.165, 1.54) is 0 Å². The molecule has 104 valence electrons. The van der Waals surface area contributed by atoms with Crippen LogP contribution in [0.3, 0.4) is 0 Å². The van der Waals surface area contributed by atoms with Crippen molar-refractivity contribution in [2.45, 2.75) is 45.2 Å². The quantitative estimate of drug-likeness (QED) is 0.666. The van der Waals surface area contributed by atoms with Gasteiger partial charge in [-0.2, -0.15) is 0 Å². The minimum atomic E-state index is -0.355. The predicted molar refractivity (Wildman–Crippen MR) is 74.3 cm³/mol. The van der Waals surface area contributed by atoms with Gasteiger partial charge in [0.1, 0.15) is 5.82 Å². The Kier molecular flexibility index (Phi) is 3.99. The Labute approximate surface area is 112 Å². The number of hydrogen-bond acceptors (Lipinski definition) is 5. The van der Waals surface area contributed by atoms with Crippen LogP contribution in [0.1, 0.15) is 31.7 Å². The Bertz CT molecular complexity index is 478. The molecule has 19 heavy (non-hydrogen) atoms. The van der Waals surface area contributed by atoms with Crippen LogP contribution in [0, 0.1) is 17.0 Å². The van der Waals surface area contributed by atoms with E-state index < -0.39 is 0 Å². The van der Waals surface area contributed by atoms with E-state index in [2.05, 4.69) is 16.8 Å². The molecule has 6 nitrogen and oxygen atoms in total. The fourth-order valence-corrected chi connectivity index (χ4v) is 2.77. The molecule has 2 heterocycles. The van der Waals surface area contributed by atoms with E-state index in [1.54, 1.807) is 19.2 Å². The molecule has 6 heteroatoms. The summed E-state index contributed by atoms with van der Waals surface area (Å²) >= 11 is 0. The third-order valence-corrected chi connectivity index (χ3v) is 3.82. The Morgan fingerprint density at radius 3 is 2.95 bits per heavy atom. The monoisotopic (exact) mass is 264 g/mol. The molecule has 2 unspecified atom stereocenters. The normalized spacial score (nSPS) is 23.4. The highest BCUT2D eigenvalue weighted by Gasteiger charge is 2.29. The van der Waals surface area contributed by atoms with E-state index in [-0.39, 0.29) is 16.7 Å². The number of nitrogens with two attached hydrogens (primary N) is 1. The van der Waals surface area contributed by atoms with Gasteiger partial charge >= 0.3 is 0 Å². The summed E-state index contributed by atoms with van der Waals surface area (Å²) in [5.74, 6) is 0.667. The fourth-order valence-electron chi connectivity index (χ4n) is 2.77. The van der Waals surface area contributed by atoms with Crippen LogP contribution < -0.4 is 10.6 Å². The van der Waals surface area contributed by atoms with Crippen LogP contribution in [0.5, 0.6) is 0 Å². The molecule has 0 bridgehead atoms. The van der Waals surface area contributed by atoms with Gasteiger partial charge in [-0.1, -0.05) is 0 Å². The molecular formula is C13H20N4O2. The second-order valence-electron chi connectivity index (χ2n) is 5.16. The molecule has 1 aliphatic rings. The van der Waals surface area contributed by atoms with Crippen molar-refractivity contribution in [3.8, 4) is 0 Å². The van der Waals surface area contributed by atoms with Gasteiger partial charge in [0.05, 0.1) is 11.0 Å². The van der Waals surface area contributed by atoms with Crippen molar-refractivity contribution in [1.29, 1.82) is 0 Å². The topological polar surface area (TPSA) is 85.3 Å². The highest BCUT2D eigenvalue weighted by atomic mass is 16.6. The van der Waals surface area contributed by atoms with E-state index in [0.29, 0.717) is 24.0 Å². The van der Waals surface area contributed by atoms with E-state index >= 15 is 0 Å². The summed E-state index contributed by atoms with van der Waals surface area (Å²) in [4.78, 5) is 17.2. The number of hydrogen-bond donors (Lipinski definition) is 1. The first-order valence-electron chi connectivity index (χ1n) is 6.64. The Morgan fingerprint density at radius 1 is 1.58 bits per heavy atom. The summed E-state index contributed by atoms with van der Waals surface area (Å²) in [6.45, 7) is 4.37. The molecule has 0 saturated carbocycles. The van der Waals surface area contributed by atoms with Gasteiger partial charge in [0.15, 0.2) is 0 Å². The molecule has 2 rings (SSSR count). The van der Waals surface area contributed by atoms with Crippen LogP contribution in [0.25, 0.3) is 0 Å². The van der Waals surface area contributed by atoms with Crippen LogP contribution in [0.15, 0.2) is 12.3 Å². The summed E-state index contributed by atoms with van der Waals surface area (Å²) in [5.41, 5.74) is 6.53. The Morgan fingerprint density at radius 2 is 2.32 bits per heavy atom. The summed E-state index contributed by atoms with van der Waals surface area (Å²) in [6.07, 6.45) is 4.81. The zero-order chi connectivity index (χ0) is 14.0. The standard InChI is InChI=1S/C13H20N4O2/c1-9-8-15-13(6-12(9)17(18)19)16-10(2)4-3-5-11(16)7-14/h6,8,10-11H,3-5,7,14H2,1-2H3. The van der Waals surface area contributed by atoms with Crippen molar-refractivity contribution < 1.29 is 4.92 Å². The number of aromatic nitrogens is 1. The minimum absolute atomic E-state index is 0.124. The van der Waals surface area contributed by atoms with Crippen LogP contribution in [0.4, 0.5) is 11.5 Å². The second-order valence-corrected chi connectivity index (χ2v) is 5.16. The number of aryl methyl sites for hydroxylation is 1. The molecule has 1 aliphatic heterocycles. The molecule has 1 saturated heterocycles. The lowest BCUT2D eigenvalue weighted by atomic mass is 9.96. The van der Waals surface area contributed by atoms with Gasteiger partial charge in [0.25, 0.3) is 5.69 Å². The lowest BCUT2D eigenvalue weighted by molar-refractivity contribution is -0.385. The average molecular weight is 264 g/mol. The highest BCUT2D eigenvalue weighted by molar-refractivity contribution is 5.52. The first-order valence-corrected chi connectivity index (χ1v) is 6.64. The van der Waals surface area contributed by atoms with Crippen LogP contribution in [-0.2, 0) is 0 Å². The van der Waals surface area contributed by atoms with E-state index in [9.17, 15) is 10.1 Å². The molecule has 0 radical (unpaired) electrons. The number of anilines is 1. The highest BCUT2D eigenvalue weighted by Crippen LogP contribution is 2.30. The molecule has 0 amide bonds. The maximum absolute atomic E-state index is 11.0. The predicted octanol–water partition coefficient (Wildman–Crippen LogP) is 2.00. The minimum Gasteiger partial charge on any atom is -0.349 e. The van der Waals surface area contributed by atoms with Gasteiger partial charge < -0.3 is 10.6 Å². The average Bonchev–Trinajstić information content (AvgIpc) is 2.39. The van der Waals surface area contributed by atoms with Gasteiger partial charge in [-0.25, -0.2) is 4.98 Å². The molecule has 0 aliphatic carbocycles. The smallest absolute Gasteiger partial charge is 0.277 e. The van der Waals surface area contributed by atoms with Crippen molar-refractivity contribution in [3.05, 3.63) is 27.9 Å². The largest absolute Gasteiger partial charge is 0.349 e. The molecule has 2 atom stereocenters. The summed E-state index contributed by atoms with van der Waals surface area (Å²) in [7, 11) is 0. The van der Waals surface area contributed by atoms with E-state index in [4.69, 9.17) is 5.73 Å². The third-order valence-electron chi connectivity index (χ3n) is 3.82. The molecule has 1 fully saturated rings. The number of piperidine rings is 1. The van der Waals surface area contributed by atoms with Crippen molar-refractivity contribution in [1.82, 2.24) is 4.98 Å². The summed E-state index contributed by atoms with van der Waals surface area (Å²) < 4.78 is 0. The van der Waals surface area contributed by atoms with Gasteiger partial charge in [-0.3, -0.25) is 10.1 Å². The molecule has 1 aromatic rings. The number of nitro groups is 1. The first kappa shape index (κ1) is 13.7. The van der Waals surface area contributed by atoms with Crippen molar-refractivity contribution in [3.63, 3.8) is 0 Å². The number of pyridine rings is 1. The van der Waals surface area contributed by atoms with Crippen LogP contribution >= 0.6 is 0 Å². The molecule has 0 spiro atoms. The second kappa shape index (κ2) is 5.52. The lowest BCUT2D eigenvalue weighted by Gasteiger charge is -2.41. The van der Waals surface area contributed by atoms with Crippen LogP contribution in [-0.4, -0.2) is 28.5 Å². The molecule has 2 N–H and O–H groups in total. The maximum Gasteiger partial charge on any atom is 0.277 e. The first-order chi connectivity index (χ1) is 9.04. The fraction of sp³-hybridized carbons (Fsp3) is 0.615. The summed E-state index contributed by atoms with van der Waals surface area (Å²) in [6, 6.07) is 2.11. The molecule has 1 aromatic heterocycles. The van der Waals surface area contributed by atoms with Gasteiger partial charge in [0, 0.05) is 30.4 Å². The van der Waals surface area contributed by atoms with Gasteiger partial charge in [-0.05, 0) is 33.1 Å². The maximum atomic E-state index is 11.0. The van der Waals surface area contributed by atoms with E-state index in [0.717, 1.165) is 19.3 Å². The van der Waals surface area contributed by atoms with Crippen molar-refractivity contribution >= 4 is 11.5 Å². The zero-order valence-electron chi connectivity index (χ0n) is 11.4. The third kappa shape index (κ3) is 2.68. The number of rotatable bonds is 3. The van der Waals surface area contributed by atoms with E-state index in [1.807, 2.05) is 0 Å². The summed E-state index contributed by atoms with van der Waals surface area (Å²) in [5, 5.41) is 11.0. The number of nitrogens with zero attached hydrogens (tertiary/aromatic N) is 3. The zero-order valence-corrected chi connectivity index (χ0v) is 11.4. The Hall–Kier alpha value is -1.69. The Balaban J connectivity index is 2.38. The van der Waals surface area contributed by atoms with Crippen LogP contribution in [0.2, 0.25) is 0 Å². The molecular weight excluding hydrogens is 244 g/mol. The SMILES string of the molecule is Cc1cnc(N2C(C)CCCC2CN)cc1[N+](=O)[O-]. The molecule has 0 aromatic carbocycles. The van der Waals surface area contributed by atoms with Crippen molar-refractivity contribution in [2.75, 3.05) is 11.4 Å². The van der Waals surface area contributed by atoms with Crippen molar-refractivity contribution in [2.24, 2.45) is 5.73 Å². The lowest BCUT2D eigenvalue weighted by Crippen LogP contribution is -2.49. The van der Waals surface area contributed by atoms with Gasteiger partial charge in [-0.15, -0.1) is 0 Å².